The molecule has 2 aromatic carbocycles. The first-order valence-electron chi connectivity index (χ1n) is 8.90. The molecule has 0 spiro atoms. The normalized spacial score (nSPS) is 13.0. The van der Waals surface area contributed by atoms with Gasteiger partial charge >= 0.3 is 0 Å². The van der Waals surface area contributed by atoms with Crippen LogP contribution >= 0.6 is 0 Å². The lowest BCUT2D eigenvalue weighted by atomic mass is 10.1. The van der Waals surface area contributed by atoms with E-state index in [9.17, 15) is 4.79 Å². The van der Waals surface area contributed by atoms with E-state index < -0.39 is 6.10 Å². The molecule has 3 rings (SSSR count). The van der Waals surface area contributed by atoms with Crippen LogP contribution in [-0.4, -0.2) is 38.7 Å². The number of benzene rings is 2. The summed E-state index contributed by atoms with van der Waals surface area (Å²) in [5.41, 5.74) is 3.12. The Hall–Kier alpha value is -3.15. The van der Waals surface area contributed by atoms with Gasteiger partial charge in [-0.05, 0) is 50.6 Å². The molecule has 1 amide bonds. The highest BCUT2D eigenvalue weighted by Gasteiger charge is 2.24. The zero-order chi connectivity index (χ0) is 19.4. The topological polar surface area (TPSA) is 60.2 Å². The quantitative estimate of drug-likeness (QED) is 0.671. The molecule has 1 heterocycles. The van der Waals surface area contributed by atoms with Crippen molar-refractivity contribution in [2.24, 2.45) is 0 Å². The van der Waals surface area contributed by atoms with E-state index in [0.717, 1.165) is 16.8 Å². The van der Waals surface area contributed by atoms with E-state index in [0.29, 0.717) is 5.75 Å². The molecule has 6 heteroatoms. The maximum absolute atomic E-state index is 12.8. The number of likely N-dealkylation sites (N-methyl/N-ethyl adjacent to an activating group) is 1. The molecule has 0 bridgehead atoms. The van der Waals surface area contributed by atoms with Crippen LogP contribution in [0, 0.1) is 6.92 Å². The van der Waals surface area contributed by atoms with Gasteiger partial charge < -0.3 is 9.64 Å². The Kier molecular flexibility index (Phi) is 5.54. The molecule has 0 aliphatic carbocycles. The summed E-state index contributed by atoms with van der Waals surface area (Å²) >= 11 is 0. The van der Waals surface area contributed by atoms with Gasteiger partial charge in [-0.25, -0.2) is 9.67 Å². The van der Waals surface area contributed by atoms with Crippen LogP contribution in [-0.2, 0) is 4.79 Å². The molecule has 0 saturated heterocycles. The maximum Gasteiger partial charge on any atom is 0.263 e. The molecule has 0 saturated carbocycles. The lowest BCUT2D eigenvalue weighted by Gasteiger charge is -2.28. The maximum atomic E-state index is 12.8. The molecule has 2 atom stereocenters. The lowest BCUT2D eigenvalue weighted by Crippen LogP contribution is -2.39. The van der Waals surface area contributed by atoms with Crippen molar-refractivity contribution in [2.45, 2.75) is 32.9 Å². The van der Waals surface area contributed by atoms with Crippen LogP contribution in [0.3, 0.4) is 0 Å². The number of nitrogens with zero attached hydrogens (tertiary/aromatic N) is 4. The molecule has 0 unspecified atom stereocenters. The molecule has 6 nitrogen and oxygen atoms in total. The first-order chi connectivity index (χ1) is 13.0. The number of carbonyl (C=O) groups excluding carboxylic acids is 1. The van der Waals surface area contributed by atoms with E-state index in [1.807, 2.05) is 62.4 Å². The molecule has 0 N–H and O–H groups in total. The summed E-state index contributed by atoms with van der Waals surface area (Å²) in [5.74, 6) is 0.628. The number of hydrogen-bond donors (Lipinski definition) is 0. The number of aryl methyl sites for hydroxylation is 1. The standard InChI is InChI=1S/C21H24N4O2/c1-15-5-11-20(12-6-15)27-17(3)21(26)24(4)16(2)18-7-9-19(10-8-18)25-14-22-13-23-25/h5-14,16-17H,1-4H3/t16-,17+/m1/s1. The second-order valence-corrected chi connectivity index (χ2v) is 6.63. The predicted octanol–water partition coefficient (Wildman–Crippen LogP) is 3.56. The summed E-state index contributed by atoms with van der Waals surface area (Å²) in [5, 5.41) is 4.12. The fraction of sp³-hybridized carbons (Fsp3) is 0.286. The van der Waals surface area contributed by atoms with Gasteiger partial charge in [-0.3, -0.25) is 4.79 Å². The highest BCUT2D eigenvalue weighted by atomic mass is 16.5. The monoisotopic (exact) mass is 364 g/mol. The van der Waals surface area contributed by atoms with E-state index in [1.54, 1.807) is 29.9 Å². The van der Waals surface area contributed by atoms with Crippen LogP contribution in [0.25, 0.3) is 5.69 Å². The minimum absolute atomic E-state index is 0.0663. The predicted molar refractivity (Wildman–Crippen MR) is 104 cm³/mol. The summed E-state index contributed by atoms with van der Waals surface area (Å²) in [6.07, 6.45) is 2.59. The average Bonchev–Trinajstić information content (AvgIpc) is 3.23. The average molecular weight is 364 g/mol. The van der Waals surface area contributed by atoms with Crippen molar-refractivity contribution < 1.29 is 9.53 Å². The fourth-order valence-corrected chi connectivity index (χ4v) is 2.82. The highest BCUT2D eigenvalue weighted by molar-refractivity contribution is 5.81. The SMILES string of the molecule is Cc1ccc(O[C@@H](C)C(=O)N(C)[C@H](C)c2ccc(-n3cncn3)cc2)cc1. The Bertz CT molecular complexity index is 874. The first kappa shape index (κ1) is 18.6. The second-order valence-electron chi connectivity index (χ2n) is 6.63. The van der Waals surface area contributed by atoms with Crippen LogP contribution in [0.4, 0.5) is 0 Å². The number of ether oxygens (including phenoxy) is 1. The van der Waals surface area contributed by atoms with E-state index in [-0.39, 0.29) is 11.9 Å². The van der Waals surface area contributed by atoms with Gasteiger partial charge in [0, 0.05) is 7.05 Å². The summed E-state index contributed by atoms with van der Waals surface area (Å²) in [6, 6.07) is 15.5. The summed E-state index contributed by atoms with van der Waals surface area (Å²) in [7, 11) is 1.80. The van der Waals surface area contributed by atoms with Crippen molar-refractivity contribution in [1.29, 1.82) is 0 Å². The highest BCUT2D eigenvalue weighted by Crippen LogP contribution is 2.22. The van der Waals surface area contributed by atoms with E-state index in [4.69, 9.17) is 4.74 Å². The molecule has 3 aromatic rings. The van der Waals surface area contributed by atoms with Crippen molar-refractivity contribution >= 4 is 5.91 Å². The third-order valence-corrected chi connectivity index (χ3v) is 4.67. The number of aromatic nitrogens is 3. The summed E-state index contributed by atoms with van der Waals surface area (Å²) in [4.78, 5) is 18.4. The molecule has 0 fully saturated rings. The molecule has 0 aliphatic rings. The Morgan fingerprint density at radius 3 is 2.33 bits per heavy atom. The van der Waals surface area contributed by atoms with Crippen LogP contribution in [0.1, 0.15) is 31.0 Å². The van der Waals surface area contributed by atoms with Crippen molar-refractivity contribution in [2.75, 3.05) is 7.05 Å². The lowest BCUT2D eigenvalue weighted by molar-refractivity contribution is -0.138. The minimum Gasteiger partial charge on any atom is -0.481 e. The van der Waals surface area contributed by atoms with Crippen molar-refractivity contribution in [3.8, 4) is 11.4 Å². The van der Waals surface area contributed by atoms with Gasteiger partial charge in [-0.2, -0.15) is 5.10 Å². The summed E-state index contributed by atoms with van der Waals surface area (Å²) < 4.78 is 7.49. The molecule has 0 radical (unpaired) electrons. The molecule has 1 aromatic heterocycles. The number of rotatable bonds is 6. The van der Waals surface area contributed by atoms with Crippen molar-refractivity contribution in [3.05, 3.63) is 72.3 Å². The smallest absolute Gasteiger partial charge is 0.263 e. The van der Waals surface area contributed by atoms with Crippen LogP contribution in [0.15, 0.2) is 61.2 Å². The van der Waals surface area contributed by atoms with Gasteiger partial charge in [0.25, 0.3) is 5.91 Å². The third kappa shape index (κ3) is 4.34. The molecular weight excluding hydrogens is 340 g/mol. The van der Waals surface area contributed by atoms with Crippen LogP contribution in [0.2, 0.25) is 0 Å². The first-order valence-corrected chi connectivity index (χ1v) is 8.90. The van der Waals surface area contributed by atoms with Gasteiger partial charge in [0.15, 0.2) is 6.10 Å². The third-order valence-electron chi connectivity index (χ3n) is 4.67. The molecule has 0 aliphatic heterocycles. The zero-order valence-corrected chi connectivity index (χ0v) is 16.0. The van der Waals surface area contributed by atoms with Gasteiger partial charge in [0.05, 0.1) is 11.7 Å². The number of hydrogen-bond acceptors (Lipinski definition) is 4. The number of amides is 1. The van der Waals surface area contributed by atoms with Crippen LogP contribution < -0.4 is 4.74 Å². The van der Waals surface area contributed by atoms with Gasteiger partial charge in [0.1, 0.15) is 18.4 Å². The Labute approximate surface area is 159 Å². The Morgan fingerprint density at radius 2 is 1.74 bits per heavy atom. The fourth-order valence-electron chi connectivity index (χ4n) is 2.82. The minimum atomic E-state index is -0.561. The van der Waals surface area contributed by atoms with Crippen LogP contribution in [0.5, 0.6) is 5.75 Å². The van der Waals surface area contributed by atoms with Crippen molar-refractivity contribution in [3.63, 3.8) is 0 Å². The van der Waals surface area contributed by atoms with Crippen molar-refractivity contribution in [1.82, 2.24) is 19.7 Å². The van der Waals surface area contributed by atoms with Gasteiger partial charge in [0.2, 0.25) is 0 Å². The zero-order valence-electron chi connectivity index (χ0n) is 16.0. The molecule has 27 heavy (non-hydrogen) atoms. The van der Waals surface area contributed by atoms with Gasteiger partial charge in [-0.1, -0.05) is 29.8 Å². The number of carbonyl (C=O) groups is 1. The van der Waals surface area contributed by atoms with E-state index in [2.05, 4.69) is 10.1 Å². The Morgan fingerprint density at radius 1 is 1.07 bits per heavy atom. The molecule has 140 valence electrons. The van der Waals surface area contributed by atoms with E-state index in [1.165, 1.54) is 6.33 Å². The van der Waals surface area contributed by atoms with E-state index >= 15 is 0 Å². The largest absolute Gasteiger partial charge is 0.481 e. The second kappa shape index (κ2) is 8.03. The van der Waals surface area contributed by atoms with Gasteiger partial charge in [-0.15, -0.1) is 0 Å². The molecular formula is C21H24N4O2. The Balaban J connectivity index is 1.65. The summed E-state index contributed by atoms with van der Waals surface area (Å²) in [6.45, 7) is 5.79.